The van der Waals surface area contributed by atoms with Crippen LogP contribution < -0.4 is 30.4 Å². The molecule has 6 heterocycles. The molecule has 63 heavy (non-hydrogen) atoms. The molecule has 0 radical (unpaired) electrons. The number of hydrogen-bond donors (Lipinski definition) is 2. The summed E-state index contributed by atoms with van der Waals surface area (Å²) in [5.41, 5.74) is 4.66. The zero-order chi connectivity index (χ0) is 44.6. The van der Waals surface area contributed by atoms with Crippen LogP contribution in [0.5, 0.6) is 17.2 Å². The molecule has 2 N–H and O–H groups in total. The molecule has 6 amide bonds. The van der Waals surface area contributed by atoms with Gasteiger partial charge in [-0.05, 0) is 113 Å². The zero-order valence-electron chi connectivity index (χ0n) is 36.8. The molecule has 3 aromatic rings. The fourth-order valence-corrected chi connectivity index (χ4v) is 9.79. The van der Waals surface area contributed by atoms with Gasteiger partial charge in [0.25, 0.3) is 17.4 Å². The summed E-state index contributed by atoms with van der Waals surface area (Å²) in [6.45, 7) is 5.52. The Hall–Kier alpha value is -5.78. The SMILES string of the molecule is COc1cc(-c2cn(C)c(=O)c3c2CCN(C(=O)NCC2CC4(CCN(CCCOc5ccc6c(c5)C(=O)N(C5CCC(=O)NC5=O)C6=O)CC4)CO2)C3)cc(OC)c1CN(C)C. The number of carbonyl (C=O) groups excluding carboxylic acids is 5. The monoisotopic (exact) mass is 867 g/mol. The van der Waals surface area contributed by atoms with Gasteiger partial charge in [0.1, 0.15) is 23.3 Å². The molecule has 0 saturated carbocycles. The number of likely N-dealkylation sites (tertiary alicyclic amines) is 1. The Morgan fingerprint density at radius 2 is 1.67 bits per heavy atom. The maximum absolute atomic E-state index is 13.5. The number of methoxy groups -OCH3 is 2. The Balaban J connectivity index is 0.788. The van der Waals surface area contributed by atoms with E-state index >= 15 is 0 Å². The van der Waals surface area contributed by atoms with Crippen LogP contribution in [0, 0.1) is 5.41 Å². The number of piperidine rings is 2. The number of carbonyl (C=O) groups is 5. The van der Waals surface area contributed by atoms with Crippen LogP contribution in [-0.2, 0) is 40.9 Å². The highest BCUT2D eigenvalue weighted by molar-refractivity contribution is 6.23. The van der Waals surface area contributed by atoms with E-state index in [0.29, 0.717) is 62.1 Å². The van der Waals surface area contributed by atoms with Crippen molar-refractivity contribution in [3.63, 3.8) is 0 Å². The van der Waals surface area contributed by atoms with Crippen molar-refractivity contribution in [2.45, 2.75) is 70.2 Å². The van der Waals surface area contributed by atoms with Crippen molar-refractivity contribution >= 4 is 29.7 Å². The minimum atomic E-state index is -1.01. The topological polar surface area (TPSA) is 181 Å². The second-order valence-corrected chi connectivity index (χ2v) is 17.7. The maximum atomic E-state index is 13.5. The van der Waals surface area contributed by atoms with E-state index in [4.69, 9.17) is 18.9 Å². The van der Waals surface area contributed by atoms with E-state index in [2.05, 4.69) is 20.4 Å². The van der Waals surface area contributed by atoms with E-state index in [0.717, 1.165) is 72.5 Å². The van der Waals surface area contributed by atoms with Gasteiger partial charge in [0.15, 0.2) is 0 Å². The summed E-state index contributed by atoms with van der Waals surface area (Å²) >= 11 is 0. The lowest BCUT2D eigenvalue weighted by atomic mass is 9.76. The van der Waals surface area contributed by atoms with E-state index in [9.17, 15) is 28.8 Å². The van der Waals surface area contributed by atoms with Crippen molar-refractivity contribution in [3.05, 3.63) is 74.7 Å². The number of nitrogens with one attached hydrogen (secondary N) is 2. The van der Waals surface area contributed by atoms with Crippen LogP contribution in [0.4, 0.5) is 4.79 Å². The molecule has 17 nitrogen and oxygen atoms in total. The highest BCUT2D eigenvalue weighted by Crippen LogP contribution is 2.42. The van der Waals surface area contributed by atoms with Crippen molar-refractivity contribution in [1.29, 1.82) is 0 Å². The third kappa shape index (κ3) is 8.91. The summed E-state index contributed by atoms with van der Waals surface area (Å²) in [6.07, 6.45) is 6.11. The molecule has 1 spiro atoms. The Labute approximate surface area is 366 Å². The number of aryl methyl sites for hydroxylation is 1. The van der Waals surface area contributed by atoms with Gasteiger partial charge in [0.05, 0.1) is 56.8 Å². The van der Waals surface area contributed by atoms with Crippen LogP contribution >= 0.6 is 0 Å². The van der Waals surface area contributed by atoms with Gasteiger partial charge in [-0.1, -0.05) is 0 Å². The molecule has 2 aromatic carbocycles. The molecule has 2 unspecified atom stereocenters. The Kier molecular flexibility index (Phi) is 12.6. The normalized spacial score (nSPS) is 20.9. The predicted octanol–water partition coefficient (Wildman–Crippen LogP) is 2.94. The Morgan fingerprint density at radius 1 is 0.937 bits per heavy atom. The molecule has 2 atom stereocenters. The highest BCUT2D eigenvalue weighted by atomic mass is 16.5. The average molecular weight is 868 g/mol. The Morgan fingerprint density at radius 3 is 2.37 bits per heavy atom. The van der Waals surface area contributed by atoms with Crippen molar-refractivity contribution in [2.75, 3.05) is 74.3 Å². The average Bonchev–Trinajstić information content (AvgIpc) is 3.78. The van der Waals surface area contributed by atoms with E-state index in [-0.39, 0.29) is 53.6 Å². The zero-order valence-corrected chi connectivity index (χ0v) is 36.8. The first-order valence-electron chi connectivity index (χ1n) is 21.7. The number of ether oxygens (including phenoxy) is 4. The number of imide groups is 2. The van der Waals surface area contributed by atoms with Gasteiger partial charge in [0, 0.05) is 57.0 Å². The number of pyridine rings is 1. The van der Waals surface area contributed by atoms with E-state index in [1.54, 1.807) is 48.9 Å². The molecule has 0 aliphatic carbocycles. The molecule has 5 aliphatic heterocycles. The van der Waals surface area contributed by atoms with Crippen LogP contribution in [0.15, 0.2) is 41.3 Å². The molecular weight excluding hydrogens is 811 g/mol. The van der Waals surface area contributed by atoms with Gasteiger partial charge in [0.2, 0.25) is 11.8 Å². The van der Waals surface area contributed by atoms with Crippen LogP contribution in [0.2, 0.25) is 0 Å². The van der Waals surface area contributed by atoms with E-state index < -0.39 is 29.7 Å². The summed E-state index contributed by atoms with van der Waals surface area (Å²) in [5.74, 6) is -0.266. The van der Waals surface area contributed by atoms with Crippen molar-refractivity contribution in [3.8, 4) is 28.4 Å². The van der Waals surface area contributed by atoms with Crippen LogP contribution in [-0.4, -0.2) is 140 Å². The number of hydrogen-bond acceptors (Lipinski definition) is 12. The number of nitrogens with zero attached hydrogens (tertiary/aromatic N) is 5. The van der Waals surface area contributed by atoms with Crippen LogP contribution in [0.3, 0.4) is 0 Å². The molecule has 5 aliphatic rings. The fraction of sp³-hybridized carbons (Fsp3) is 0.522. The standard InChI is InChI=1S/C46H57N7O10/c1-49(2)24-36-38(60-4)19-28(20-39(36)61-5)34-25-50(3)42(56)35-26-52(15-11-31(34)35)45(59)47-23-30-22-46(27-63-30)12-16-51(17-13-46)14-6-18-62-29-7-8-32-33(21-29)44(58)53(43(32)57)37-9-10-40(54)48-41(37)55/h7-8,19-21,25,30,37H,6,9-18,22-24,26-27H2,1-5H3,(H,47,59)(H,48,54,55). The lowest BCUT2D eigenvalue weighted by Gasteiger charge is -2.38. The van der Waals surface area contributed by atoms with Gasteiger partial charge in [-0.15, -0.1) is 0 Å². The molecule has 17 heteroatoms. The number of aromatic nitrogens is 1. The third-order valence-corrected chi connectivity index (χ3v) is 13.2. The van der Waals surface area contributed by atoms with Gasteiger partial charge in [-0.2, -0.15) is 0 Å². The highest BCUT2D eigenvalue weighted by Gasteiger charge is 2.45. The molecule has 3 saturated heterocycles. The van der Waals surface area contributed by atoms with E-state index in [1.165, 1.54) is 0 Å². The quantitative estimate of drug-likeness (QED) is 0.190. The van der Waals surface area contributed by atoms with Crippen molar-refractivity contribution < 1.29 is 42.9 Å². The molecular formula is C46H57N7O10. The molecule has 336 valence electrons. The summed E-state index contributed by atoms with van der Waals surface area (Å²) in [5, 5.41) is 5.31. The Bertz CT molecular complexity index is 2350. The summed E-state index contributed by atoms with van der Waals surface area (Å²) in [4.78, 5) is 84.3. The smallest absolute Gasteiger partial charge is 0.317 e. The van der Waals surface area contributed by atoms with Gasteiger partial charge >= 0.3 is 6.03 Å². The second-order valence-electron chi connectivity index (χ2n) is 17.7. The van der Waals surface area contributed by atoms with Crippen LogP contribution in [0.1, 0.15) is 75.9 Å². The first kappa shape index (κ1) is 43.9. The molecule has 3 fully saturated rings. The number of benzene rings is 2. The minimum absolute atomic E-state index is 0.0661. The third-order valence-electron chi connectivity index (χ3n) is 13.2. The summed E-state index contributed by atoms with van der Waals surface area (Å²) in [6, 6.07) is 7.54. The maximum Gasteiger partial charge on any atom is 0.317 e. The molecule has 0 bridgehead atoms. The largest absolute Gasteiger partial charge is 0.496 e. The van der Waals surface area contributed by atoms with E-state index in [1.807, 2.05) is 32.4 Å². The molecule has 8 rings (SSSR count). The molecule has 1 aromatic heterocycles. The van der Waals surface area contributed by atoms with Crippen molar-refractivity contribution in [2.24, 2.45) is 12.5 Å². The minimum Gasteiger partial charge on any atom is -0.496 e. The lowest BCUT2D eigenvalue weighted by Crippen LogP contribution is -2.54. The first-order chi connectivity index (χ1) is 30.3. The predicted molar refractivity (Wildman–Crippen MR) is 231 cm³/mol. The first-order valence-corrected chi connectivity index (χ1v) is 21.7. The fourth-order valence-electron chi connectivity index (χ4n) is 9.79. The second kappa shape index (κ2) is 18.1. The summed E-state index contributed by atoms with van der Waals surface area (Å²) < 4.78 is 25.4. The van der Waals surface area contributed by atoms with Crippen molar-refractivity contribution in [1.82, 2.24) is 34.8 Å². The number of fused-ring (bicyclic) bond motifs is 2. The number of rotatable bonds is 13. The van der Waals surface area contributed by atoms with Crippen LogP contribution in [0.25, 0.3) is 11.1 Å². The number of urea groups is 1. The van der Waals surface area contributed by atoms with Gasteiger partial charge in [-0.3, -0.25) is 34.2 Å². The lowest BCUT2D eigenvalue weighted by molar-refractivity contribution is -0.136. The number of amides is 6. The van der Waals surface area contributed by atoms with Gasteiger partial charge < -0.3 is 43.5 Å². The summed E-state index contributed by atoms with van der Waals surface area (Å²) in [7, 11) is 9.01. The van der Waals surface area contributed by atoms with Gasteiger partial charge in [-0.25, -0.2) is 4.79 Å².